The summed E-state index contributed by atoms with van der Waals surface area (Å²) in [5.74, 6) is 0.816. The predicted molar refractivity (Wildman–Crippen MR) is 81.9 cm³/mol. The van der Waals surface area contributed by atoms with Gasteiger partial charge in [0.1, 0.15) is 0 Å². The van der Waals surface area contributed by atoms with Gasteiger partial charge >= 0.3 is 0 Å². The Morgan fingerprint density at radius 2 is 1.67 bits per heavy atom. The van der Waals surface area contributed by atoms with E-state index in [-0.39, 0.29) is 0 Å². The second-order valence-electron chi connectivity index (χ2n) is 7.92. The lowest BCUT2D eigenvalue weighted by Gasteiger charge is -2.47. The van der Waals surface area contributed by atoms with E-state index in [2.05, 4.69) is 46.9 Å². The van der Waals surface area contributed by atoms with Crippen LogP contribution in [0.5, 0.6) is 0 Å². The zero-order valence-corrected chi connectivity index (χ0v) is 13.6. The van der Waals surface area contributed by atoms with Gasteiger partial charge in [-0.1, -0.05) is 54.4 Å². The van der Waals surface area contributed by atoms with Crippen LogP contribution in [-0.4, -0.2) is 12.6 Å². The quantitative estimate of drug-likeness (QED) is 0.702. The summed E-state index contributed by atoms with van der Waals surface area (Å²) >= 11 is 0. The Kier molecular flexibility index (Phi) is 5.70. The number of rotatable bonds is 6. The van der Waals surface area contributed by atoms with Gasteiger partial charge in [-0.15, -0.1) is 0 Å². The van der Waals surface area contributed by atoms with E-state index in [0.717, 1.165) is 5.92 Å². The van der Waals surface area contributed by atoms with E-state index in [0.29, 0.717) is 16.9 Å². The SMILES string of the molecule is CCCNC(C(C)(C)C)C1(CC(C)C)CCCC1. The zero-order valence-electron chi connectivity index (χ0n) is 13.6. The minimum Gasteiger partial charge on any atom is -0.313 e. The highest BCUT2D eigenvalue weighted by Crippen LogP contribution is 2.50. The highest BCUT2D eigenvalue weighted by atomic mass is 15.0. The smallest absolute Gasteiger partial charge is 0.0172 e. The lowest BCUT2D eigenvalue weighted by molar-refractivity contribution is 0.0749. The summed E-state index contributed by atoms with van der Waals surface area (Å²) in [4.78, 5) is 0. The van der Waals surface area contributed by atoms with E-state index in [1.165, 1.54) is 45.1 Å². The van der Waals surface area contributed by atoms with Crippen molar-refractivity contribution in [1.82, 2.24) is 5.32 Å². The lowest BCUT2D eigenvalue weighted by Crippen LogP contribution is -2.52. The first-order chi connectivity index (χ1) is 8.32. The molecule has 1 N–H and O–H groups in total. The van der Waals surface area contributed by atoms with Crippen molar-refractivity contribution in [2.75, 3.05) is 6.54 Å². The van der Waals surface area contributed by atoms with Crippen molar-refractivity contribution in [3.63, 3.8) is 0 Å². The Hall–Kier alpha value is -0.0400. The summed E-state index contributed by atoms with van der Waals surface area (Å²) < 4.78 is 0. The molecule has 1 fully saturated rings. The van der Waals surface area contributed by atoms with Crippen LogP contribution < -0.4 is 5.32 Å². The number of hydrogen-bond acceptors (Lipinski definition) is 1. The molecule has 1 aliphatic rings. The molecule has 1 unspecified atom stereocenters. The molecule has 0 radical (unpaired) electrons. The fourth-order valence-corrected chi connectivity index (χ4v) is 4.23. The molecule has 0 bridgehead atoms. The Morgan fingerprint density at radius 3 is 2.06 bits per heavy atom. The maximum absolute atomic E-state index is 3.90. The summed E-state index contributed by atoms with van der Waals surface area (Å²) in [5.41, 5.74) is 0.927. The van der Waals surface area contributed by atoms with Crippen LogP contribution in [0.1, 0.15) is 80.1 Å². The monoisotopic (exact) mass is 253 g/mol. The van der Waals surface area contributed by atoms with Crippen LogP contribution in [-0.2, 0) is 0 Å². The third kappa shape index (κ3) is 3.98. The first-order valence-corrected chi connectivity index (χ1v) is 8.05. The molecule has 0 spiro atoms. The van der Waals surface area contributed by atoms with Crippen molar-refractivity contribution in [2.24, 2.45) is 16.7 Å². The predicted octanol–water partition coefficient (Wildman–Crippen LogP) is 5.01. The fourth-order valence-electron chi connectivity index (χ4n) is 4.23. The topological polar surface area (TPSA) is 12.0 Å². The summed E-state index contributed by atoms with van der Waals surface area (Å²) in [7, 11) is 0. The maximum atomic E-state index is 3.90. The summed E-state index contributed by atoms with van der Waals surface area (Å²) in [6, 6.07) is 0.676. The minimum atomic E-state index is 0.369. The molecule has 0 aromatic carbocycles. The first-order valence-electron chi connectivity index (χ1n) is 8.05. The highest BCUT2D eigenvalue weighted by molar-refractivity contribution is 5.00. The van der Waals surface area contributed by atoms with Crippen LogP contribution in [0.2, 0.25) is 0 Å². The molecule has 18 heavy (non-hydrogen) atoms. The van der Waals surface area contributed by atoms with Crippen molar-refractivity contribution in [3.05, 3.63) is 0 Å². The lowest BCUT2D eigenvalue weighted by atomic mass is 9.64. The van der Waals surface area contributed by atoms with E-state index in [9.17, 15) is 0 Å². The fraction of sp³-hybridized carbons (Fsp3) is 1.00. The molecule has 1 heteroatoms. The minimum absolute atomic E-state index is 0.369. The molecule has 1 atom stereocenters. The molecule has 108 valence electrons. The van der Waals surface area contributed by atoms with Crippen molar-refractivity contribution in [1.29, 1.82) is 0 Å². The Balaban J connectivity index is 2.90. The van der Waals surface area contributed by atoms with E-state index in [1.807, 2.05) is 0 Å². The van der Waals surface area contributed by atoms with Crippen LogP contribution in [0, 0.1) is 16.7 Å². The molecule has 1 rings (SSSR count). The molecular formula is C17H35N. The van der Waals surface area contributed by atoms with Gasteiger partial charge in [-0.3, -0.25) is 0 Å². The normalized spacial score (nSPS) is 21.5. The van der Waals surface area contributed by atoms with E-state index in [1.54, 1.807) is 0 Å². The van der Waals surface area contributed by atoms with E-state index >= 15 is 0 Å². The van der Waals surface area contributed by atoms with Crippen molar-refractivity contribution >= 4 is 0 Å². The molecule has 0 aliphatic heterocycles. The molecule has 0 amide bonds. The van der Waals surface area contributed by atoms with Gasteiger partial charge < -0.3 is 5.32 Å². The van der Waals surface area contributed by atoms with Gasteiger partial charge in [-0.2, -0.15) is 0 Å². The van der Waals surface area contributed by atoms with E-state index < -0.39 is 0 Å². The number of nitrogens with one attached hydrogen (secondary N) is 1. The number of hydrogen-bond donors (Lipinski definition) is 1. The average molecular weight is 253 g/mol. The van der Waals surface area contributed by atoms with Gasteiger partial charge in [-0.05, 0) is 49.0 Å². The van der Waals surface area contributed by atoms with Gasteiger partial charge in [0, 0.05) is 6.04 Å². The van der Waals surface area contributed by atoms with Crippen molar-refractivity contribution in [2.45, 2.75) is 86.1 Å². The Bertz CT molecular complexity index is 230. The second kappa shape index (κ2) is 6.41. The standard InChI is InChI=1S/C17H35N/c1-7-12-18-15(16(4,5)6)17(13-14(2)3)10-8-9-11-17/h14-15,18H,7-13H2,1-6H3. The molecule has 0 saturated heterocycles. The third-order valence-corrected chi connectivity index (χ3v) is 4.49. The van der Waals surface area contributed by atoms with Crippen LogP contribution in [0.25, 0.3) is 0 Å². The summed E-state index contributed by atoms with van der Waals surface area (Å²) in [5, 5.41) is 3.90. The van der Waals surface area contributed by atoms with Crippen LogP contribution in [0.4, 0.5) is 0 Å². The van der Waals surface area contributed by atoms with Gasteiger partial charge in [0.15, 0.2) is 0 Å². The average Bonchev–Trinajstić information content (AvgIpc) is 2.64. The largest absolute Gasteiger partial charge is 0.313 e. The van der Waals surface area contributed by atoms with Gasteiger partial charge in [0.25, 0.3) is 0 Å². The zero-order chi connectivity index (χ0) is 13.8. The molecule has 0 aromatic rings. The molecule has 0 heterocycles. The Labute approximate surface area is 115 Å². The van der Waals surface area contributed by atoms with Crippen molar-refractivity contribution in [3.8, 4) is 0 Å². The van der Waals surface area contributed by atoms with Gasteiger partial charge in [0.2, 0.25) is 0 Å². The summed E-state index contributed by atoms with van der Waals surface area (Å²) in [6.07, 6.45) is 8.38. The molecule has 0 aromatic heterocycles. The molecule has 1 aliphatic carbocycles. The highest BCUT2D eigenvalue weighted by Gasteiger charge is 2.45. The van der Waals surface area contributed by atoms with Gasteiger partial charge in [0.05, 0.1) is 0 Å². The summed E-state index contributed by atoms with van der Waals surface area (Å²) in [6.45, 7) is 15.5. The second-order valence-corrected chi connectivity index (χ2v) is 7.92. The molecule has 1 nitrogen and oxygen atoms in total. The molecular weight excluding hydrogens is 218 g/mol. The Morgan fingerprint density at radius 1 is 1.11 bits per heavy atom. The van der Waals surface area contributed by atoms with E-state index in [4.69, 9.17) is 0 Å². The first kappa shape index (κ1) is 16.0. The van der Waals surface area contributed by atoms with Gasteiger partial charge in [-0.25, -0.2) is 0 Å². The van der Waals surface area contributed by atoms with Crippen LogP contribution >= 0.6 is 0 Å². The van der Waals surface area contributed by atoms with Crippen LogP contribution in [0.15, 0.2) is 0 Å². The van der Waals surface area contributed by atoms with Crippen LogP contribution in [0.3, 0.4) is 0 Å². The maximum Gasteiger partial charge on any atom is 0.0172 e. The van der Waals surface area contributed by atoms with Crippen molar-refractivity contribution < 1.29 is 0 Å². The molecule has 1 saturated carbocycles. The third-order valence-electron chi connectivity index (χ3n) is 4.49.